The highest BCUT2D eigenvalue weighted by Crippen LogP contribution is 2.31. The lowest BCUT2D eigenvalue weighted by Gasteiger charge is -2.15. The summed E-state index contributed by atoms with van der Waals surface area (Å²) in [6.45, 7) is 5.86. The molecule has 4 rings (SSSR count). The van der Waals surface area contributed by atoms with Crippen molar-refractivity contribution in [2.45, 2.75) is 19.8 Å². The Morgan fingerprint density at radius 3 is 2.53 bits per heavy atom. The smallest absolute Gasteiger partial charge is 0.253 e. The standard InChI is InChI=1S/C25H29N3O2/c1-19-23(25(29)26-13-16-27-14-6-7-15-27)18-24(20-9-8-12-22(17-20)30-2)28(19)21-10-4-3-5-11-21/h3-5,8-12,17-18H,6-7,13-16H2,1-2H3,(H,26,29). The van der Waals surface area contributed by atoms with Crippen molar-refractivity contribution >= 4 is 5.91 Å². The fourth-order valence-corrected chi connectivity index (χ4v) is 4.17. The second-order valence-corrected chi connectivity index (χ2v) is 7.74. The van der Waals surface area contributed by atoms with Crippen molar-refractivity contribution in [2.24, 2.45) is 0 Å². The second-order valence-electron chi connectivity index (χ2n) is 7.74. The van der Waals surface area contributed by atoms with Crippen LogP contribution >= 0.6 is 0 Å². The maximum Gasteiger partial charge on any atom is 0.253 e. The summed E-state index contributed by atoms with van der Waals surface area (Å²) in [5.41, 5.74) is 4.65. The van der Waals surface area contributed by atoms with Gasteiger partial charge in [0.05, 0.1) is 18.4 Å². The van der Waals surface area contributed by atoms with Gasteiger partial charge in [0.25, 0.3) is 5.91 Å². The Balaban J connectivity index is 1.66. The molecule has 0 spiro atoms. The molecule has 30 heavy (non-hydrogen) atoms. The van der Waals surface area contributed by atoms with Gasteiger partial charge in [0.2, 0.25) is 0 Å². The molecule has 0 radical (unpaired) electrons. The van der Waals surface area contributed by atoms with Crippen molar-refractivity contribution in [3.63, 3.8) is 0 Å². The summed E-state index contributed by atoms with van der Waals surface area (Å²) < 4.78 is 7.56. The maximum absolute atomic E-state index is 13.0. The summed E-state index contributed by atoms with van der Waals surface area (Å²) in [5, 5.41) is 3.11. The van der Waals surface area contributed by atoms with E-state index in [1.165, 1.54) is 12.8 Å². The summed E-state index contributed by atoms with van der Waals surface area (Å²) in [5.74, 6) is 0.771. The average Bonchev–Trinajstić information content (AvgIpc) is 3.42. The van der Waals surface area contributed by atoms with Gasteiger partial charge in [-0.25, -0.2) is 0 Å². The fraction of sp³-hybridized carbons (Fsp3) is 0.320. The molecule has 3 aromatic rings. The van der Waals surface area contributed by atoms with E-state index in [0.29, 0.717) is 12.1 Å². The third-order valence-electron chi connectivity index (χ3n) is 5.78. The zero-order chi connectivity index (χ0) is 20.9. The number of aromatic nitrogens is 1. The number of nitrogens with zero attached hydrogens (tertiary/aromatic N) is 2. The molecule has 2 aromatic carbocycles. The van der Waals surface area contributed by atoms with E-state index in [2.05, 4.69) is 26.9 Å². The van der Waals surface area contributed by atoms with E-state index in [-0.39, 0.29) is 5.91 Å². The number of carbonyl (C=O) groups is 1. The molecule has 0 saturated carbocycles. The lowest BCUT2D eigenvalue weighted by Crippen LogP contribution is -2.33. The number of rotatable bonds is 7. The molecule has 1 amide bonds. The first-order valence-electron chi connectivity index (χ1n) is 10.6. The fourth-order valence-electron chi connectivity index (χ4n) is 4.17. The Labute approximate surface area is 178 Å². The Hall–Kier alpha value is -3.05. The number of hydrogen-bond donors (Lipinski definition) is 1. The highest BCUT2D eigenvalue weighted by molar-refractivity contribution is 5.97. The Bertz CT molecular complexity index is 1000. The highest BCUT2D eigenvalue weighted by atomic mass is 16.5. The van der Waals surface area contributed by atoms with Gasteiger partial charge in [-0.05, 0) is 63.2 Å². The van der Waals surface area contributed by atoms with Crippen LogP contribution in [-0.2, 0) is 0 Å². The van der Waals surface area contributed by atoms with Crippen molar-refractivity contribution in [3.05, 3.63) is 71.9 Å². The van der Waals surface area contributed by atoms with E-state index in [1.54, 1.807) is 7.11 Å². The third kappa shape index (κ3) is 4.26. The minimum atomic E-state index is -0.0227. The van der Waals surface area contributed by atoms with Crippen LogP contribution < -0.4 is 10.1 Å². The molecule has 1 fully saturated rings. The van der Waals surface area contributed by atoms with Crippen LogP contribution in [0, 0.1) is 6.92 Å². The van der Waals surface area contributed by atoms with Gasteiger partial charge in [0.1, 0.15) is 5.75 Å². The SMILES string of the molecule is COc1cccc(-c2cc(C(=O)NCCN3CCCC3)c(C)n2-c2ccccc2)c1. The number of ether oxygens (including phenoxy) is 1. The lowest BCUT2D eigenvalue weighted by atomic mass is 10.1. The number of benzene rings is 2. The van der Waals surface area contributed by atoms with E-state index in [1.807, 2.05) is 55.5 Å². The van der Waals surface area contributed by atoms with Gasteiger partial charge in [-0.2, -0.15) is 0 Å². The number of carbonyl (C=O) groups excluding carboxylic acids is 1. The van der Waals surface area contributed by atoms with Crippen molar-refractivity contribution in [1.82, 2.24) is 14.8 Å². The number of nitrogens with one attached hydrogen (secondary N) is 1. The molecule has 5 heteroatoms. The van der Waals surface area contributed by atoms with Gasteiger partial charge >= 0.3 is 0 Å². The van der Waals surface area contributed by atoms with E-state index >= 15 is 0 Å². The molecule has 0 bridgehead atoms. The van der Waals surface area contributed by atoms with Crippen LogP contribution in [0.1, 0.15) is 28.9 Å². The van der Waals surface area contributed by atoms with Crippen LogP contribution in [0.3, 0.4) is 0 Å². The lowest BCUT2D eigenvalue weighted by molar-refractivity contribution is 0.0949. The predicted octanol–water partition coefficient (Wildman–Crippen LogP) is 4.29. The largest absolute Gasteiger partial charge is 0.497 e. The van der Waals surface area contributed by atoms with Gasteiger partial charge in [0, 0.05) is 30.0 Å². The molecule has 0 aliphatic carbocycles. The molecule has 1 aliphatic heterocycles. The number of likely N-dealkylation sites (tertiary alicyclic amines) is 1. The first-order chi connectivity index (χ1) is 14.7. The van der Waals surface area contributed by atoms with Crippen molar-refractivity contribution in [3.8, 4) is 22.7 Å². The first kappa shape index (κ1) is 20.2. The van der Waals surface area contributed by atoms with Gasteiger partial charge in [-0.3, -0.25) is 4.79 Å². The Kier molecular flexibility index (Phi) is 6.19. The molecule has 5 nitrogen and oxygen atoms in total. The zero-order valence-electron chi connectivity index (χ0n) is 17.7. The predicted molar refractivity (Wildman–Crippen MR) is 121 cm³/mol. The molecule has 1 saturated heterocycles. The van der Waals surface area contributed by atoms with Crippen LogP contribution in [0.2, 0.25) is 0 Å². The number of methoxy groups -OCH3 is 1. The summed E-state index contributed by atoms with van der Waals surface area (Å²) in [6, 6.07) is 20.1. The van der Waals surface area contributed by atoms with Crippen LogP contribution in [-0.4, -0.2) is 48.7 Å². The molecule has 1 N–H and O–H groups in total. The van der Waals surface area contributed by atoms with E-state index in [0.717, 1.165) is 48.0 Å². The van der Waals surface area contributed by atoms with Crippen LogP contribution in [0.25, 0.3) is 16.9 Å². The number of para-hydroxylation sites is 1. The topological polar surface area (TPSA) is 46.5 Å². The second kappa shape index (κ2) is 9.18. The van der Waals surface area contributed by atoms with Crippen molar-refractivity contribution in [1.29, 1.82) is 0 Å². The molecular weight excluding hydrogens is 374 g/mol. The normalized spacial score (nSPS) is 14.1. The quantitative estimate of drug-likeness (QED) is 0.640. The molecule has 156 valence electrons. The van der Waals surface area contributed by atoms with Crippen molar-refractivity contribution in [2.75, 3.05) is 33.3 Å². The van der Waals surface area contributed by atoms with Crippen molar-refractivity contribution < 1.29 is 9.53 Å². The van der Waals surface area contributed by atoms with Gasteiger partial charge in [-0.1, -0.05) is 30.3 Å². The number of hydrogen-bond acceptors (Lipinski definition) is 3. The van der Waals surface area contributed by atoms with Gasteiger partial charge in [0.15, 0.2) is 0 Å². The summed E-state index contributed by atoms with van der Waals surface area (Å²) in [6.07, 6.45) is 2.52. The first-order valence-corrected chi connectivity index (χ1v) is 10.6. The third-order valence-corrected chi connectivity index (χ3v) is 5.78. The molecule has 0 atom stereocenters. The molecule has 1 aliphatic rings. The minimum absolute atomic E-state index is 0.0227. The summed E-state index contributed by atoms with van der Waals surface area (Å²) >= 11 is 0. The van der Waals surface area contributed by atoms with Crippen LogP contribution in [0.5, 0.6) is 5.75 Å². The Morgan fingerprint density at radius 2 is 1.80 bits per heavy atom. The van der Waals surface area contributed by atoms with E-state index < -0.39 is 0 Å². The zero-order valence-corrected chi connectivity index (χ0v) is 17.7. The minimum Gasteiger partial charge on any atom is -0.497 e. The molecule has 1 aromatic heterocycles. The van der Waals surface area contributed by atoms with Gasteiger partial charge < -0.3 is 19.5 Å². The molecule has 2 heterocycles. The number of amides is 1. The van der Waals surface area contributed by atoms with Crippen LogP contribution in [0.15, 0.2) is 60.7 Å². The average molecular weight is 404 g/mol. The van der Waals surface area contributed by atoms with Gasteiger partial charge in [-0.15, -0.1) is 0 Å². The molecular formula is C25H29N3O2. The van der Waals surface area contributed by atoms with E-state index in [4.69, 9.17) is 4.74 Å². The summed E-state index contributed by atoms with van der Waals surface area (Å²) in [4.78, 5) is 15.4. The molecule has 0 unspecified atom stereocenters. The summed E-state index contributed by atoms with van der Waals surface area (Å²) in [7, 11) is 1.67. The Morgan fingerprint density at radius 1 is 1.03 bits per heavy atom. The highest BCUT2D eigenvalue weighted by Gasteiger charge is 2.20. The monoisotopic (exact) mass is 403 g/mol. The van der Waals surface area contributed by atoms with E-state index in [9.17, 15) is 4.79 Å². The maximum atomic E-state index is 13.0. The van der Waals surface area contributed by atoms with Crippen LogP contribution in [0.4, 0.5) is 0 Å².